The Morgan fingerprint density at radius 2 is 2.00 bits per heavy atom. The van der Waals surface area contributed by atoms with Gasteiger partial charge in [-0.05, 0) is 30.2 Å². The zero-order chi connectivity index (χ0) is 17.1. The maximum Gasteiger partial charge on any atom is 0.129 e. The first-order valence-electron chi connectivity index (χ1n) is 8.07. The summed E-state index contributed by atoms with van der Waals surface area (Å²) in [5.41, 5.74) is 1.80. The monoisotopic (exact) mass is 333 g/mol. The highest BCUT2D eigenvalue weighted by Crippen LogP contribution is 2.26. The SMILES string of the molecule is Cc1cc(C2CN(CC(O)c3ccccc3F)CCO2)ccc1F. The Morgan fingerprint density at radius 3 is 2.75 bits per heavy atom. The molecular weight excluding hydrogens is 312 g/mol. The van der Waals surface area contributed by atoms with Gasteiger partial charge in [0.25, 0.3) is 0 Å². The second-order valence-corrected chi connectivity index (χ2v) is 6.16. The molecule has 1 N–H and O–H groups in total. The van der Waals surface area contributed by atoms with Gasteiger partial charge in [-0.25, -0.2) is 8.78 Å². The summed E-state index contributed by atoms with van der Waals surface area (Å²) >= 11 is 0. The minimum Gasteiger partial charge on any atom is -0.387 e. The molecule has 0 bridgehead atoms. The molecule has 2 aromatic rings. The molecule has 0 amide bonds. The average molecular weight is 333 g/mol. The zero-order valence-corrected chi connectivity index (χ0v) is 13.6. The van der Waals surface area contributed by atoms with E-state index in [0.29, 0.717) is 37.4 Å². The van der Waals surface area contributed by atoms with E-state index in [-0.39, 0.29) is 11.9 Å². The van der Waals surface area contributed by atoms with Gasteiger partial charge >= 0.3 is 0 Å². The van der Waals surface area contributed by atoms with Crippen LogP contribution >= 0.6 is 0 Å². The molecule has 2 aromatic carbocycles. The number of morpholine rings is 1. The van der Waals surface area contributed by atoms with Crippen molar-refractivity contribution < 1.29 is 18.6 Å². The van der Waals surface area contributed by atoms with Crippen LogP contribution < -0.4 is 0 Å². The van der Waals surface area contributed by atoms with E-state index in [9.17, 15) is 13.9 Å². The third kappa shape index (κ3) is 3.80. The van der Waals surface area contributed by atoms with Crippen molar-refractivity contribution in [3.05, 3.63) is 70.8 Å². The fraction of sp³-hybridized carbons (Fsp3) is 0.368. The van der Waals surface area contributed by atoms with E-state index in [1.807, 2.05) is 4.90 Å². The number of rotatable bonds is 4. The summed E-state index contributed by atoms with van der Waals surface area (Å²) in [5, 5.41) is 10.3. The highest BCUT2D eigenvalue weighted by Gasteiger charge is 2.25. The number of nitrogens with zero attached hydrogens (tertiary/aromatic N) is 1. The number of benzene rings is 2. The largest absolute Gasteiger partial charge is 0.387 e. The molecule has 1 heterocycles. The van der Waals surface area contributed by atoms with E-state index >= 15 is 0 Å². The van der Waals surface area contributed by atoms with Crippen LogP contribution in [0.5, 0.6) is 0 Å². The Balaban J connectivity index is 1.67. The van der Waals surface area contributed by atoms with Gasteiger partial charge in [0, 0.05) is 25.2 Å². The van der Waals surface area contributed by atoms with E-state index in [2.05, 4.69) is 0 Å². The quantitative estimate of drug-likeness (QED) is 0.931. The second kappa shape index (κ2) is 7.38. The summed E-state index contributed by atoms with van der Waals surface area (Å²) in [6.07, 6.45) is -1.06. The molecule has 1 aliphatic heterocycles. The summed E-state index contributed by atoms with van der Waals surface area (Å²) in [7, 11) is 0. The van der Waals surface area contributed by atoms with E-state index in [1.165, 1.54) is 12.1 Å². The molecule has 0 saturated carbocycles. The summed E-state index contributed by atoms with van der Waals surface area (Å²) in [5.74, 6) is -0.634. The lowest BCUT2D eigenvalue weighted by molar-refractivity contribution is -0.0427. The number of β-amino-alcohol motifs (C(OH)–C–C–N with tert-alkyl or cyclic N) is 1. The highest BCUT2D eigenvalue weighted by molar-refractivity contribution is 5.26. The van der Waals surface area contributed by atoms with Gasteiger partial charge in [0.1, 0.15) is 11.6 Å². The zero-order valence-electron chi connectivity index (χ0n) is 13.6. The van der Waals surface area contributed by atoms with Gasteiger partial charge in [0.05, 0.1) is 18.8 Å². The Morgan fingerprint density at radius 1 is 1.21 bits per heavy atom. The van der Waals surface area contributed by atoms with Crippen molar-refractivity contribution in [2.45, 2.75) is 19.1 Å². The van der Waals surface area contributed by atoms with Crippen LogP contribution in [-0.2, 0) is 4.74 Å². The van der Waals surface area contributed by atoms with Crippen molar-refractivity contribution in [2.24, 2.45) is 0 Å². The molecule has 128 valence electrons. The van der Waals surface area contributed by atoms with Crippen LogP contribution in [0, 0.1) is 18.6 Å². The van der Waals surface area contributed by atoms with Crippen molar-refractivity contribution in [2.75, 3.05) is 26.2 Å². The van der Waals surface area contributed by atoms with Crippen LogP contribution in [0.3, 0.4) is 0 Å². The molecule has 3 nitrogen and oxygen atoms in total. The Hall–Kier alpha value is -1.82. The van der Waals surface area contributed by atoms with Gasteiger partial charge < -0.3 is 9.84 Å². The number of halogens is 2. The van der Waals surface area contributed by atoms with Crippen LogP contribution in [0.4, 0.5) is 8.78 Å². The molecule has 1 fully saturated rings. The predicted molar refractivity (Wildman–Crippen MR) is 87.6 cm³/mol. The molecule has 2 atom stereocenters. The van der Waals surface area contributed by atoms with Crippen molar-refractivity contribution in [1.82, 2.24) is 4.90 Å². The van der Waals surface area contributed by atoms with Gasteiger partial charge in [-0.1, -0.05) is 30.3 Å². The van der Waals surface area contributed by atoms with E-state index in [1.54, 1.807) is 37.3 Å². The van der Waals surface area contributed by atoms with Crippen molar-refractivity contribution in [1.29, 1.82) is 0 Å². The highest BCUT2D eigenvalue weighted by atomic mass is 19.1. The fourth-order valence-corrected chi connectivity index (χ4v) is 3.03. The van der Waals surface area contributed by atoms with Crippen molar-refractivity contribution in [3.63, 3.8) is 0 Å². The smallest absolute Gasteiger partial charge is 0.129 e. The molecule has 0 aromatic heterocycles. The fourth-order valence-electron chi connectivity index (χ4n) is 3.03. The number of aliphatic hydroxyl groups is 1. The van der Waals surface area contributed by atoms with Crippen molar-refractivity contribution in [3.8, 4) is 0 Å². The third-order valence-electron chi connectivity index (χ3n) is 4.40. The summed E-state index contributed by atoms with van der Waals surface area (Å²) in [6.45, 7) is 3.83. The minimum atomic E-state index is -0.889. The number of aryl methyl sites for hydroxylation is 1. The lowest BCUT2D eigenvalue weighted by atomic mass is 10.0. The van der Waals surface area contributed by atoms with Gasteiger partial charge in [0.15, 0.2) is 0 Å². The molecular formula is C19H21F2NO2. The second-order valence-electron chi connectivity index (χ2n) is 6.16. The third-order valence-corrected chi connectivity index (χ3v) is 4.40. The molecule has 0 radical (unpaired) electrons. The molecule has 24 heavy (non-hydrogen) atoms. The van der Waals surface area contributed by atoms with Crippen LogP contribution in [0.15, 0.2) is 42.5 Å². The van der Waals surface area contributed by atoms with Gasteiger partial charge in [0.2, 0.25) is 0 Å². The molecule has 1 aliphatic rings. The standard InChI is InChI=1S/C19H21F2NO2/c1-13-10-14(6-7-16(13)20)19-12-22(8-9-24-19)11-18(23)15-4-2-3-5-17(15)21/h2-7,10,18-19,23H,8-9,11-12H2,1H3. The van der Waals surface area contributed by atoms with Crippen LogP contribution in [0.1, 0.15) is 28.9 Å². The molecule has 3 rings (SSSR count). The van der Waals surface area contributed by atoms with E-state index < -0.39 is 11.9 Å². The van der Waals surface area contributed by atoms with Gasteiger partial charge in [-0.15, -0.1) is 0 Å². The Labute approximate surface area is 140 Å². The predicted octanol–water partition coefficient (Wildman–Crippen LogP) is 3.38. The van der Waals surface area contributed by atoms with Crippen LogP contribution in [-0.4, -0.2) is 36.2 Å². The summed E-state index contributed by atoms with van der Waals surface area (Å²) < 4.78 is 33.0. The number of ether oxygens (including phenoxy) is 1. The van der Waals surface area contributed by atoms with Crippen LogP contribution in [0.2, 0.25) is 0 Å². The number of hydrogen-bond acceptors (Lipinski definition) is 3. The first kappa shape index (κ1) is 17.0. The summed E-state index contributed by atoms with van der Waals surface area (Å²) in [6, 6.07) is 11.2. The van der Waals surface area contributed by atoms with Gasteiger partial charge in [-0.3, -0.25) is 4.90 Å². The molecule has 5 heteroatoms. The molecule has 0 spiro atoms. The molecule has 1 saturated heterocycles. The number of aliphatic hydroxyl groups excluding tert-OH is 1. The Kier molecular flexibility index (Phi) is 5.23. The first-order valence-corrected chi connectivity index (χ1v) is 8.07. The van der Waals surface area contributed by atoms with Gasteiger partial charge in [-0.2, -0.15) is 0 Å². The lowest BCUT2D eigenvalue weighted by Crippen LogP contribution is -2.40. The minimum absolute atomic E-state index is 0.175. The maximum absolute atomic E-state index is 13.8. The van der Waals surface area contributed by atoms with E-state index in [0.717, 1.165) is 5.56 Å². The topological polar surface area (TPSA) is 32.7 Å². The maximum atomic E-state index is 13.8. The summed E-state index contributed by atoms with van der Waals surface area (Å²) in [4.78, 5) is 2.05. The van der Waals surface area contributed by atoms with E-state index in [4.69, 9.17) is 4.74 Å². The van der Waals surface area contributed by atoms with Crippen molar-refractivity contribution >= 4 is 0 Å². The molecule has 2 unspecified atom stereocenters. The number of hydrogen-bond donors (Lipinski definition) is 1. The van der Waals surface area contributed by atoms with Crippen LogP contribution in [0.25, 0.3) is 0 Å². The lowest BCUT2D eigenvalue weighted by Gasteiger charge is -2.34. The average Bonchev–Trinajstić information content (AvgIpc) is 2.58. The first-order chi connectivity index (χ1) is 11.5. The molecule has 0 aliphatic carbocycles. The Bertz CT molecular complexity index is 708. The normalized spacial score (nSPS) is 20.1.